The van der Waals surface area contributed by atoms with Crippen molar-refractivity contribution in [3.8, 4) is 5.75 Å². The standard InChI is InChI=1S/C24H28N2O6S/c1-3-32-24(28)17-22(19-6-4-7-21(16-19)31-2)25-23(27)13-10-18-8-11-20(12-9-18)26-14-5-15-33(26,29)30/h4,6-13,16,22H,3,5,14-15,17H2,1-2H3,(H,25,27). The molecule has 1 aliphatic rings. The predicted molar refractivity (Wildman–Crippen MR) is 126 cm³/mol. The molecule has 33 heavy (non-hydrogen) atoms. The van der Waals surface area contributed by atoms with Gasteiger partial charge in [0.2, 0.25) is 15.9 Å². The number of nitrogens with one attached hydrogen (secondary N) is 1. The van der Waals surface area contributed by atoms with Crippen molar-refractivity contribution < 1.29 is 27.5 Å². The SMILES string of the molecule is CCOC(=O)CC(NC(=O)C=Cc1ccc(N2CCCS2(=O)=O)cc1)c1cccc(OC)c1. The smallest absolute Gasteiger partial charge is 0.308 e. The van der Waals surface area contributed by atoms with E-state index in [1.807, 2.05) is 6.07 Å². The first-order chi connectivity index (χ1) is 15.8. The Kier molecular flexibility index (Phi) is 8.11. The number of ether oxygens (including phenoxy) is 2. The number of nitrogens with zero attached hydrogens (tertiary/aromatic N) is 1. The highest BCUT2D eigenvalue weighted by Crippen LogP contribution is 2.25. The first-order valence-corrected chi connectivity index (χ1v) is 12.3. The molecule has 2 aromatic carbocycles. The molecule has 176 valence electrons. The summed E-state index contributed by atoms with van der Waals surface area (Å²) in [5.74, 6) is -0.0126. The van der Waals surface area contributed by atoms with E-state index < -0.39 is 22.0 Å². The molecule has 9 heteroatoms. The normalized spacial score (nSPS) is 15.9. The van der Waals surface area contributed by atoms with Gasteiger partial charge in [-0.15, -0.1) is 0 Å². The van der Waals surface area contributed by atoms with Gasteiger partial charge in [0, 0.05) is 12.6 Å². The molecule has 1 unspecified atom stereocenters. The summed E-state index contributed by atoms with van der Waals surface area (Å²) >= 11 is 0. The number of benzene rings is 2. The molecule has 3 rings (SSSR count). The Hall–Kier alpha value is -3.33. The summed E-state index contributed by atoms with van der Waals surface area (Å²) in [5, 5.41) is 2.84. The molecule has 8 nitrogen and oxygen atoms in total. The van der Waals surface area contributed by atoms with Crippen LogP contribution in [0.1, 0.15) is 36.9 Å². The van der Waals surface area contributed by atoms with Gasteiger partial charge in [-0.25, -0.2) is 8.42 Å². The molecule has 0 aliphatic carbocycles. The average Bonchev–Trinajstić information content (AvgIpc) is 3.16. The lowest BCUT2D eigenvalue weighted by molar-refractivity contribution is -0.143. The molecule has 1 N–H and O–H groups in total. The van der Waals surface area contributed by atoms with Crippen LogP contribution >= 0.6 is 0 Å². The van der Waals surface area contributed by atoms with Crippen molar-refractivity contribution in [3.63, 3.8) is 0 Å². The van der Waals surface area contributed by atoms with Crippen LogP contribution in [0.3, 0.4) is 0 Å². The molecule has 1 atom stereocenters. The second-order valence-corrected chi connectivity index (χ2v) is 9.53. The van der Waals surface area contributed by atoms with Gasteiger partial charge in [-0.2, -0.15) is 0 Å². The topological polar surface area (TPSA) is 102 Å². The first kappa shape index (κ1) is 24.3. The number of sulfonamides is 1. The zero-order valence-electron chi connectivity index (χ0n) is 18.7. The minimum Gasteiger partial charge on any atom is -0.497 e. The summed E-state index contributed by atoms with van der Waals surface area (Å²) in [6.45, 7) is 2.46. The zero-order chi connectivity index (χ0) is 23.8. The minimum absolute atomic E-state index is 0.0143. The Balaban J connectivity index is 1.69. The third-order valence-electron chi connectivity index (χ3n) is 5.20. The quantitative estimate of drug-likeness (QED) is 0.445. The summed E-state index contributed by atoms with van der Waals surface area (Å²) in [6.07, 6.45) is 3.61. The van der Waals surface area contributed by atoms with E-state index >= 15 is 0 Å². The molecular formula is C24H28N2O6S. The maximum Gasteiger partial charge on any atom is 0.308 e. The molecule has 0 aromatic heterocycles. The van der Waals surface area contributed by atoms with Crippen molar-refractivity contribution in [2.75, 3.05) is 30.3 Å². The van der Waals surface area contributed by atoms with E-state index in [1.54, 1.807) is 62.6 Å². The zero-order valence-corrected chi connectivity index (χ0v) is 19.5. The molecule has 1 fully saturated rings. The van der Waals surface area contributed by atoms with Crippen LogP contribution in [-0.2, 0) is 24.3 Å². The van der Waals surface area contributed by atoms with Crippen molar-refractivity contribution >= 4 is 33.7 Å². The number of hydrogen-bond acceptors (Lipinski definition) is 6. The minimum atomic E-state index is -3.23. The summed E-state index contributed by atoms with van der Waals surface area (Å²) in [5.41, 5.74) is 2.08. The molecule has 1 amide bonds. The van der Waals surface area contributed by atoms with Gasteiger partial charge in [0.25, 0.3) is 0 Å². The highest BCUT2D eigenvalue weighted by Gasteiger charge is 2.28. The Bertz CT molecular complexity index is 1110. The predicted octanol–water partition coefficient (Wildman–Crippen LogP) is 3.06. The second-order valence-electron chi connectivity index (χ2n) is 7.51. The summed E-state index contributed by atoms with van der Waals surface area (Å²) < 4.78 is 35.8. The number of carbonyl (C=O) groups is 2. The number of rotatable bonds is 9. The van der Waals surface area contributed by atoms with Gasteiger partial charge in [-0.3, -0.25) is 13.9 Å². The molecule has 1 aliphatic heterocycles. The van der Waals surface area contributed by atoms with E-state index in [-0.39, 0.29) is 24.7 Å². The van der Waals surface area contributed by atoms with Crippen LogP contribution in [0.2, 0.25) is 0 Å². The third kappa shape index (κ3) is 6.58. The lowest BCUT2D eigenvalue weighted by atomic mass is 10.0. The first-order valence-electron chi connectivity index (χ1n) is 10.7. The van der Waals surface area contributed by atoms with Gasteiger partial charge in [0.1, 0.15) is 5.75 Å². The largest absolute Gasteiger partial charge is 0.497 e. The Morgan fingerprint density at radius 3 is 2.58 bits per heavy atom. The molecule has 0 saturated carbocycles. The van der Waals surface area contributed by atoms with Gasteiger partial charge in [0.15, 0.2) is 0 Å². The molecule has 1 saturated heterocycles. The van der Waals surface area contributed by atoms with Crippen LogP contribution < -0.4 is 14.4 Å². The number of amides is 1. The van der Waals surface area contributed by atoms with E-state index in [2.05, 4.69) is 5.32 Å². The number of esters is 1. The summed E-state index contributed by atoms with van der Waals surface area (Å²) in [4.78, 5) is 24.6. The van der Waals surface area contributed by atoms with Crippen molar-refractivity contribution in [3.05, 3.63) is 65.7 Å². The van der Waals surface area contributed by atoms with E-state index in [1.165, 1.54) is 10.4 Å². The summed E-state index contributed by atoms with van der Waals surface area (Å²) in [7, 11) is -1.69. The van der Waals surface area contributed by atoms with Gasteiger partial charge < -0.3 is 14.8 Å². The van der Waals surface area contributed by atoms with E-state index in [9.17, 15) is 18.0 Å². The second kappa shape index (κ2) is 11.0. The van der Waals surface area contributed by atoms with Crippen LogP contribution in [0.15, 0.2) is 54.6 Å². The van der Waals surface area contributed by atoms with Gasteiger partial charge in [-0.05, 0) is 54.8 Å². The third-order valence-corrected chi connectivity index (χ3v) is 7.07. The Morgan fingerprint density at radius 1 is 1.18 bits per heavy atom. The lowest BCUT2D eigenvalue weighted by Gasteiger charge is -2.18. The number of methoxy groups -OCH3 is 1. The summed E-state index contributed by atoms with van der Waals surface area (Å²) in [6, 6.07) is 13.5. The number of anilines is 1. The highest BCUT2D eigenvalue weighted by molar-refractivity contribution is 7.93. The fourth-order valence-corrected chi connectivity index (χ4v) is 5.13. The molecular weight excluding hydrogens is 444 g/mol. The van der Waals surface area contributed by atoms with Crippen LogP contribution in [0.25, 0.3) is 6.08 Å². The molecule has 0 spiro atoms. The maximum atomic E-state index is 12.6. The van der Waals surface area contributed by atoms with Gasteiger partial charge in [-0.1, -0.05) is 24.3 Å². The molecule has 2 aromatic rings. The average molecular weight is 473 g/mol. The fourth-order valence-electron chi connectivity index (χ4n) is 3.57. The monoisotopic (exact) mass is 472 g/mol. The van der Waals surface area contributed by atoms with Crippen LogP contribution in [-0.4, -0.2) is 46.3 Å². The fraction of sp³-hybridized carbons (Fsp3) is 0.333. The van der Waals surface area contributed by atoms with Crippen LogP contribution in [0, 0.1) is 0 Å². The van der Waals surface area contributed by atoms with Gasteiger partial charge >= 0.3 is 5.97 Å². The highest BCUT2D eigenvalue weighted by atomic mass is 32.2. The number of hydrogen-bond donors (Lipinski definition) is 1. The van der Waals surface area contributed by atoms with Crippen LogP contribution in [0.5, 0.6) is 5.75 Å². The van der Waals surface area contributed by atoms with E-state index in [0.29, 0.717) is 24.4 Å². The Morgan fingerprint density at radius 2 is 1.94 bits per heavy atom. The van der Waals surface area contributed by atoms with Crippen molar-refractivity contribution in [2.24, 2.45) is 0 Å². The molecule has 0 bridgehead atoms. The van der Waals surface area contributed by atoms with Crippen molar-refractivity contribution in [1.29, 1.82) is 0 Å². The van der Waals surface area contributed by atoms with E-state index in [4.69, 9.17) is 9.47 Å². The molecule has 0 radical (unpaired) electrons. The Labute approximate surface area is 194 Å². The lowest BCUT2D eigenvalue weighted by Crippen LogP contribution is -2.29. The van der Waals surface area contributed by atoms with Crippen LogP contribution in [0.4, 0.5) is 5.69 Å². The van der Waals surface area contributed by atoms with Gasteiger partial charge in [0.05, 0.1) is 37.6 Å². The van der Waals surface area contributed by atoms with E-state index in [0.717, 1.165) is 11.1 Å². The molecule has 1 heterocycles. The van der Waals surface area contributed by atoms with Crippen molar-refractivity contribution in [2.45, 2.75) is 25.8 Å². The number of carbonyl (C=O) groups excluding carboxylic acids is 2. The maximum absolute atomic E-state index is 12.6. The van der Waals surface area contributed by atoms with Crippen molar-refractivity contribution in [1.82, 2.24) is 5.32 Å².